The van der Waals surface area contributed by atoms with Crippen LogP contribution < -0.4 is 5.73 Å². The third-order valence-corrected chi connectivity index (χ3v) is 2.39. The predicted molar refractivity (Wildman–Crippen MR) is 61.4 cm³/mol. The normalized spacial score (nSPS) is 11.3. The Morgan fingerprint density at radius 1 is 1.27 bits per heavy atom. The maximum Gasteiger partial charge on any atom is 0.146 e. The molecule has 0 saturated carbocycles. The summed E-state index contributed by atoms with van der Waals surface area (Å²) in [6, 6.07) is 0. The van der Waals surface area contributed by atoms with Gasteiger partial charge in [0.25, 0.3) is 0 Å². The predicted octanol–water partition coefficient (Wildman–Crippen LogP) is 1.74. The van der Waals surface area contributed by atoms with Gasteiger partial charge in [0.15, 0.2) is 0 Å². The third kappa shape index (κ3) is 3.30. The molecule has 1 aromatic rings. The van der Waals surface area contributed by atoms with Crippen LogP contribution in [0.1, 0.15) is 45.3 Å². The lowest BCUT2D eigenvalue weighted by atomic mass is 10.2. The van der Waals surface area contributed by atoms with Gasteiger partial charge < -0.3 is 10.3 Å². The minimum Gasteiger partial charge on any atom is -0.324 e. The van der Waals surface area contributed by atoms with Gasteiger partial charge in [-0.3, -0.25) is 0 Å². The first-order valence-electron chi connectivity index (χ1n) is 5.80. The third-order valence-electron chi connectivity index (χ3n) is 2.39. The molecule has 0 radical (unpaired) electrons. The maximum atomic E-state index is 5.65. The van der Waals surface area contributed by atoms with Crippen LogP contribution in [-0.4, -0.2) is 14.8 Å². The van der Waals surface area contributed by atoms with Crippen LogP contribution in [0.25, 0.3) is 0 Å². The molecule has 0 unspecified atom stereocenters. The summed E-state index contributed by atoms with van der Waals surface area (Å²) < 4.78 is 2.18. The van der Waals surface area contributed by atoms with Gasteiger partial charge in [-0.05, 0) is 12.3 Å². The second-order valence-corrected chi connectivity index (χ2v) is 4.34. The van der Waals surface area contributed by atoms with Crippen molar-refractivity contribution in [3.63, 3.8) is 0 Å². The van der Waals surface area contributed by atoms with Crippen molar-refractivity contribution < 1.29 is 0 Å². The monoisotopic (exact) mass is 210 g/mol. The van der Waals surface area contributed by atoms with Crippen LogP contribution in [-0.2, 0) is 19.5 Å². The zero-order valence-corrected chi connectivity index (χ0v) is 10.0. The molecule has 0 bridgehead atoms. The molecule has 1 heterocycles. The highest BCUT2D eigenvalue weighted by atomic mass is 15.3. The Balaban J connectivity index is 2.80. The number of rotatable bonds is 6. The van der Waals surface area contributed by atoms with E-state index in [-0.39, 0.29) is 0 Å². The van der Waals surface area contributed by atoms with E-state index in [2.05, 4.69) is 35.5 Å². The highest BCUT2D eigenvalue weighted by Gasteiger charge is 2.11. The summed E-state index contributed by atoms with van der Waals surface area (Å²) in [4.78, 5) is 0. The smallest absolute Gasteiger partial charge is 0.146 e. The molecule has 15 heavy (non-hydrogen) atoms. The van der Waals surface area contributed by atoms with Gasteiger partial charge in [-0.2, -0.15) is 0 Å². The highest BCUT2D eigenvalue weighted by molar-refractivity contribution is 4.96. The first-order valence-corrected chi connectivity index (χ1v) is 5.80. The number of nitrogens with two attached hydrogens (primary N) is 1. The molecule has 0 amide bonds. The van der Waals surface area contributed by atoms with Crippen LogP contribution in [0, 0.1) is 5.92 Å². The van der Waals surface area contributed by atoms with Gasteiger partial charge >= 0.3 is 0 Å². The molecule has 4 nitrogen and oxygen atoms in total. The van der Waals surface area contributed by atoms with Crippen LogP contribution in [0.2, 0.25) is 0 Å². The van der Waals surface area contributed by atoms with E-state index in [0.29, 0.717) is 12.5 Å². The number of aromatic nitrogens is 3. The molecule has 1 rings (SSSR count). The second kappa shape index (κ2) is 5.85. The van der Waals surface area contributed by atoms with Gasteiger partial charge in [-0.15, -0.1) is 10.2 Å². The van der Waals surface area contributed by atoms with Gasteiger partial charge in [0.05, 0.1) is 6.54 Å². The molecule has 1 aromatic heterocycles. The molecule has 0 aliphatic carbocycles. The summed E-state index contributed by atoms with van der Waals surface area (Å²) in [7, 11) is 0. The summed E-state index contributed by atoms with van der Waals surface area (Å²) in [6.07, 6.45) is 3.36. The molecule has 0 saturated heterocycles. The Kier molecular flexibility index (Phi) is 4.75. The van der Waals surface area contributed by atoms with Crippen molar-refractivity contribution in [2.24, 2.45) is 11.7 Å². The molecular formula is C11H22N4. The number of hydrogen-bond donors (Lipinski definition) is 1. The van der Waals surface area contributed by atoms with E-state index < -0.39 is 0 Å². The van der Waals surface area contributed by atoms with Gasteiger partial charge in [-0.25, -0.2) is 0 Å². The summed E-state index contributed by atoms with van der Waals surface area (Å²) in [6.45, 7) is 8.03. The van der Waals surface area contributed by atoms with E-state index in [1.807, 2.05) is 0 Å². The van der Waals surface area contributed by atoms with E-state index in [1.165, 1.54) is 12.8 Å². The fourth-order valence-corrected chi connectivity index (χ4v) is 1.62. The van der Waals surface area contributed by atoms with Gasteiger partial charge in [0.1, 0.15) is 11.6 Å². The van der Waals surface area contributed by atoms with Crippen LogP contribution >= 0.6 is 0 Å². The van der Waals surface area contributed by atoms with Gasteiger partial charge in [-0.1, -0.05) is 27.2 Å². The standard InChI is InChI=1S/C11H22N4/c1-4-5-6-10-13-14-11(7-12)15(10)8-9(2)3/h9H,4-8,12H2,1-3H3. The minimum atomic E-state index is 0.478. The molecular weight excluding hydrogens is 188 g/mol. The average Bonchev–Trinajstić information content (AvgIpc) is 2.57. The fourth-order valence-electron chi connectivity index (χ4n) is 1.62. The Morgan fingerprint density at radius 2 is 1.93 bits per heavy atom. The SMILES string of the molecule is CCCCc1nnc(CN)n1CC(C)C. The van der Waals surface area contributed by atoms with E-state index >= 15 is 0 Å². The number of unbranched alkanes of at least 4 members (excludes halogenated alkanes) is 1. The maximum absolute atomic E-state index is 5.65. The van der Waals surface area contributed by atoms with Crippen LogP contribution in [0.4, 0.5) is 0 Å². The molecule has 0 aliphatic rings. The average molecular weight is 210 g/mol. The number of aryl methyl sites for hydroxylation is 1. The first kappa shape index (κ1) is 12.2. The highest BCUT2D eigenvalue weighted by Crippen LogP contribution is 2.09. The number of hydrogen-bond acceptors (Lipinski definition) is 3. The largest absolute Gasteiger partial charge is 0.324 e. The Labute approximate surface area is 91.9 Å². The van der Waals surface area contributed by atoms with Crippen molar-refractivity contribution in [1.82, 2.24) is 14.8 Å². The van der Waals surface area contributed by atoms with Crippen molar-refractivity contribution in [3.05, 3.63) is 11.6 Å². The molecule has 2 N–H and O–H groups in total. The molecule has 0 aromatic carbocycles. The van der Waals surface area contributed by atoms with E-state index in [4.69, 9.17) is 5.73 Å². The summed E-state index contributed by atoms with van der Waals surface area (Å²) in [5.74, 6) is 2.60. The molecule has 0 fully saturated rings. The van der Waals surface area contributed by atoms with Crippen LogP contribution in [0.5, 0.6) is 0 Å². The minimum absolute atomic E-state index is 0.478. The quantitative estimate of drug-likeness (QED) is 0.778. The van der Waals surface area contributed by atoms with Gasteiger partial charge in [0, 0.05) is 13.0 Å². The molecule has 0 spiro atoms. The van der Waals surface area contributed by atoms with Crippen LogP contribution in [0.15, 0.2) is 0 Å². The lowest BCUT2D eigenvalue weighted by Gasteiger charge is -2.11. The molecule has 86 valence electrons. The van der Waals surface area contributed by atoms with Crippen molar-refractivity contribution in [1.29, 1.82) is 0 Å². The summed E-state index contributed by atoms with van der Waals surface area (Å²) >= 11 is 0. The van der Waals surface area contributed by atoms with Crippen LogP contribution in [0.3, 0.4) is 0 Å². The van der Waals surface area contributed by atoms with Crippen molar-refractivity contribution >= 4 is 0 Å². The summed E-state index contributed by atoms with van der Waals surface area (Å²) in [5, 5.41) is 8.34. The summed E-state index contributed by atoms with van der Waals surface area (Å²) in [5.41, 5.74) is 5.65. The molecule has 0 aliphatic heterocycles. The lowest BCUT2D eigenvalue weighted by Crippen LogP contribution is -2.14. The second-order valence-electron chi connectivity index (χ2n) is 4.34. The molecule has 4 heteroatoms. The van der Waals surface area contributed by atoms with Crippen molar-refractivity contribution in [2.45, 2.75) is 53.1 Å². The first-order chi connectivity index (χ1) is 7.19. The van der Waals surface area contributed by atoms with Crippen molar-refractivity contribution in [3.8, 4) is 0 Å². The Bertz CT molecular complexity index is 291. The topological polar surface area (TPSA) is 56.7 Å². The molecule has 0 atom stereocenters. The zero-order valence-electron chi connectivity index (χ0n) is 10.0. The zero-order chi connectivity index (χ0) is 11.3. The Morgan fingerprint density at radius 3 is 2.47 bits per heavy atom. The van der Waals surface area contributed by atoms with Crippen molar-refractivity contribution in [2.75, 3.05) is 0 Å². The van der Waals surface area contributed by atoms with Gasteiger partial charge in [0.2, 0.25) is 0 Å². The lowest BCUT2D eigenvalue weighted by molar-refractivity contribution is 0.489. The van der Waals surface area contributed by atoms with E-state index in [0.717, 1.165) is 24.6 Å². The van der Waals surface area contributed by atoms with E-state index in [9.17, 15) is 0 Å². The fraction of sp³-hybridized carbons (Fsp3) is 0.818. The number of nitrogens with zero attached hydrogens (tertiary/aromatic N) is 3. The Hall–Kier alpha value is -0.900. The van der Waals surface area contributed by atoms with E-state index in [1.54, 1.807) is 0 Å².